The number of nitrogens with two attached hydrogens (primary N) is 1. The molecule has 2 N–H and O–H groups in total. The van der Waals surface area contributed by atoms with Crippen molar-refractivity contribution in [3.05, 3.63) is 24.3 Å². The number of thioether (sulfide) groups is 1. The summed E-state index contributed by atoms with van der Waals surface area (Å²) in [5.74, 6) is 2.85. The molecule has 14 heavy (non-hydrogen) atoms. The second kappa shape index (κ2) is 4.51. The van der Waals surface area contributed by atoms with Crippen LogP contribution >= 0.6 is 11.8 Å². The summed E-state index contributed by atoms with van der Waals surface area (Å²) in [4.78, 5) is 0.716. The van der Waals surface area contributed by atoms with Gasteiger partial charge in [-0.1, -0.05) is 18.1 Å². The molecule has 0 fully saturated rings. The van der Waals surface area contributed by atoms with Gasteiger partial charge in [-0.15, -0.1) is 18.2 Å². The molecule has 1 aromatic carbocycles. The minimum absolute atomic E-state index is 0.125. The fourth-order valence-electron chi connectivity index (χ4n) is 0.924. The van der Waals surface area contributed by atoms with Crippen molar-refractivity contribution in [2.24, 2.45) is 5.14 Å². The van der Waals surface area contributed by atoms with Gasteiger partial charge in [0.1, 0.15) is 0 Å². The maximum atomic E-state index is 11.1. The van der Waals surface area contributed by atoms with Gasteiger partial charge >= 0.3 is 0 Å². The van der Waals surface area contributed by atoms with Gasteiger partial charge in [-0.25, -0.2) is 13.6 Å². The largest absolute Gasteiger partial charge is 0.239 e. The molecule has 0 unspecified atom stereocenters. The van der Waals surface area contributed by atoms with E-state index in [9.17, 15) is 8.42 Å². The molecule has 0 radical (unpaired) electrons. The molecule has 0 bridgehead atoms. The van der Waals surface area contributed by atoms with Gasteiger partial charge in [-0.05, 0) is 12.1 Å². The number of hydrogen-bond acceptors (Lipinski definition) is 3. The second-order valence-electron chi connectivity index (χ2n) is 2.48. The first-order valence-corrected chi connectivity index (χ1v) is 6.27. The second-order valence-corrected chi connectivity index (χ2v) is 5.03. The van der Waals surface area contributed by atoms with E-state index in [2.05, 4.69) is 5.92 Å². The van der Waals surface area contributed by atoms with Crippen molar-refractivity contribution in [3.8, 4) is 12.3 Å². The van der Waals surface area contributed by atoms with Crippen molar-refractivity contribution >= 4 is 21.8 Å². The van der Waals surface area contributed by atoms with E-state index in [1.165, 1.54) is 17.8 Å². The summed E-state index contributed by atoms with van der Waals surface area (Å²) in [7, 11) is -3.65. The van der Waals surface area contributed by atoms with Crippen molar-refractivity contribution in [1.29, 1.82) is 0 Å². The summed E-state index contributed by atoms with van der Waals surface area (Å²) in [6, 6.07) is 6.52. The van der Waals surface area contributed by atoms with Gasteiger partial charge in [0.2, 0.25) is 10.0 Å². The fourth-order valence-corrected chi connectivity index (χ4v) is 2.69. The first-order chi connectivity index (χ1) is 6.55. The van der Waals surface area contributed by atoms with E-state index in [1.54, 1.807) is 18.2 Å². The molecule has 0 saturated carbocycles. The van der Waals surface area contributed by atoms with E-state index < -0.39 is 10.0 Å². The predicted molar refractivity (Wildman–Crippen MR) is 57.4 cm³/mol. The van der Waals surface area contributed by atoms with Gasteiger partial charge in [0.25, 0.3) is 0 Å². The molecule has 0 atom stereocenters. The molecule has 0 aliphatic heterocycles. The van der Waals surface area contributed by atoms with Crippen molar-refractivity contribution in [2.45, 2.75) is 9.79 Å². The predicted octanol–water partition coefficient (Wildman–Crippen LogP) is 1.06. The van der Waals surface area contributed by atoms with Crippen LogP contribution in [0.5, 0.6) is 0 Å². The number of benzene rings is 1. The van der Waals surface area contributed by atoms with Crippen LogP contribution in [0.3, 0.4) is 0 Å². The van der Waals surface area contributed by atoms with E-state index in [0.29, 0.717) is 10.6 Å². The summed E-state index contributed by atoms with van der Waals surface area (Å²) in [5, 5.41) is 5.04. The van der Waals surface area contributed by atoms with Crippen LogP contribution in [0.1, 0.15) is 0 Å². The third-order valence-corrected chi connectivity index (χ3v) is 3.54. The highest BCUT2D eigenvalue weighted by atomic mass is 32.2. The molecular formula is C9H9NO2S2. The van der Waals surface area contributed by atoms with Gasteiger partial charge in [0.05, 0.1) is 10.6 Å². The third kappa shape index (κ3) is 2.77. The topological polar surface area (TPSA) is 60.2 Å². The monoisotopic (exact) mass is 227 g/mol. The fraction of sp³-hybridized carbons (Fsp3) is 0.111. The smallest absolute Gasteiger partial charge is 0.225 e. The molecule has 0 amide bonds. The molecule has 0 aromatic heterocycles. The highest BCUT2D eigenvalue weighted by molar-refractivity contribution is 8.00. The molecule has 0 aliphatic carbocycles. The number of terminal acetylenes is 1. The summed E-state index contributed by atoms with van der Waals surface area (Å²) in [6.45, 7) is 0. The van der Waals surface area contributed by atoms with Crippen molar-refractivity contribution < 1.29 is 8.42 Å². The van der Waals surface area contributed by atoms with Gasteiger partial charge < -0.3 is 0 Å². The van der Waals surface area contributed by atoms with E-state index >= 15 is 0 Å². The zero-order valence-corrected chi connectivity index (χ0v) is 8.94. The van der Waals surface area contributed by atoms with Crippen LogP contribution in [-0.2, 0) is 10.0 Å². The Morgan fingerprint density at radius 3 is 2.64 bits per heavy atom. The van der Waals surface area contributed by atoms with E-state index in [0.717, 1.165) is 0 Å². The molecule has 0 saturated heterocycles. The van der Waals surface area contributed by atoms with Crippen LogP contribution in [0, 0.1) is 12.3 Å². The summed E-state index contributed by atoms with van der Waals surface area (Å²) in [6.07, 6.45) is 5.08. The summed E-state index contributed by atoms with van der Waals surface area (Å²) in [5.41, 5.74) is 0. The SMILES string of the molecule is C#CCSc1ccccc1S(N)(=O)=O. The van der Waals surface area contributed by atoms with Crippen molar-refractivity contribution in [1.82, 2.24) is 0 Å². The lowest BCUT2D eigenvalue weighted by Crippen LogP contribution is -2.13. The number of sulfonamides is 1. The average molecular weight is 227 g/mol. The first kappa shape index (κ1) is 11.1. The number of rotatable bonds is 3. The Morgan fingerprint density at radius 1 is 1.43 bits per heavy atom. The zero-order valence-electron chi connectivity index (χ0n) is 7.30. The molecule has 5 heteroatoms. The maximum Gasteiger partial charge on any atom is 0.239 e. The maximum absolute atomic E-state index is 11.1. The lowest BCUT2D eigenvalue weighted by atomic mass is 10.4. The highest BCUT2D eigenvalue weighted by Crippen LogP contribution is 2.24. The molecule has 1 rings (SSSR count). The van der Waals surface area contributed by atoms with Crippen LogP contribution in [0.25, 0.3) is 0 Å². The minimum atomic E-state index is -3.65. The Labute approximate surface area is 87.7 Å². The molecule has 0 spiro atoms. The van der Waals surface area contributed by atoms with Gasteiger partial charge in [0, 0.05) is 4.90 Å². The van der Waals surface area contributed by atoms with Gasteiger partial charge in [-0.3, -0.25) is 0 Å². The van der Waals surface area contributed by atoms with Crippen molar-refractivity contribution in [2.75, 3.05) is 5.75 Å². The quantitative estimate of drug-likeness (QED) is 0.620. The highest BCUT2D eigenvalue weighted by Gasteiger charge is 2.12. The van der Waals surface area contributed by atoms with Gasteiger partial charge in [-0.2, -0.15) is 0 Å². The molecule has 3 nitrogen and oxygen atoms in total. The average Bonchev–Trinajstić information content (AvgIpc) is 2.14. The Morgan fingerprint density at radius 2 is 2.07 bits per heavy atom. The Kier molecular flexibility index (Phi) is 3.58. The van der Waals surface area contributed by atoms with Gasteiger partial charge in [0.15, 0.2) is 0 Å². The normalized spacial score (nSPS) is 10.9. The lowest BCUT2D eigenvalue weighted by Gasteiger charge is -2.04. The van der Waals surface area contributed by atoms with Crippen LogP contribution in [-0.4, -0.2) is 14.2 Å². The Hall–Kier alpha value is -0.960. The molecule has 0 aliphatic rings. The standard InChI is InChI=1S/C9H9NO2S2/c1-2-7-13-8-5-3-4-6-9(8)14(10,11)12/h1,3-6H,7H2,(H2,10,11,12). The van der Waals surface area contributed by atoms with Crippen molar-refractivity contribution in [3.63, 3.8) is 0 Å². The van der Waals surface area contributed by atoms with Crippen LogP contribution in [0.15, 0.2) is 34.1 Å². The van der Waals surface area contributed by atoms with E-state index in [4.69, 9.17) is 11.6 Å². The third-order valence-electron chi connectivity index (χ3n) is 1.47. The first-order valence-electron chi connectivity index (χ1n) is 3.74. The minimum Gasteiger partial charge on any atom is -0.225 e. The summed E-state index contributed by atoms with van der Waals surface area (Å²) >= 11 is 1.28. The number of hydrogen-bond donors (Lipinski definition) is 1. The molecule has 74 valence electrons. The molecule has 1 aromatic rings. The van der Waals surface area contributed by atoms with Crippen LogP contribution in [0.2, 0.25) is 0 Å². The number of primary sulfonamides is 1. The van der Waals surface area contributed by atoms with E-state index in [-0.39, 0.29) is 4.90 Å². The molecule has 0 heterocycles. The van der Waals surface area contributed by atoms with Crippen LogP contribution in [0.4, 0.5) is 0 Å². The Balaban J connectivity index is 3.12. The zero-order chi connectivity index (χ0) is 10.6. The lowest BCUT2D eigenvalue weighted by molar-refractivity contribution is 0.596. The Bertz CT molecular complexity index is 460. The molecular weight excluding hydrogens is 218 g/mol. The summed E-state index contributed by atoms with van der Waals surface area (Å²) < 4.78 is 22.3. The van der Waals surface area contributed by atoms with Crippen LogP contribution < -0.4 is 5.14 Å². The van der Waals surface area contributed by atoms with E-state index in [1.807, 2.05) is 0 Å².